The van der Waals surface area contributed by atoms with Crippen molar-refractivity contribution in [2.24, 2.45) is 5.92 Å². The summed E-state index contributed by atoms with van der Waals surface area (Å²) in [6.45, 7) is 2.29. The van der Waals surface area contributed by atoms with Gasteiger partial charge in [0.05, 0.1) is 12.7 Å². The van der Waals surface area contributed by atoms with Crippen molar-refractivity contribution >= 4 is 28.9 Å². The molecule has 7 heteroatoms. The van der Waals surface area contributed by atoms with Crippen LogP contribution < -0.4 is 10.4 Å². The predicted octanol–water partition coefficient (Wildman–Crippen LogP) is 3.84. The van der Waals surface area contributed by atoms with Crippen molar-refractivity contribution < 1.29 is 24.2 Å². The van der Waals surface area contributed by atoms with Crippen LogP contribution in [0.25, 0.3) is 22.6 Å². The Balaban J connectivity index is 1.75. The van der Waals surface area contributed by atoms with Crippen LogP contribution in [0.15, 0.2) is 51.7 Å². The quantitative estimate of drug-likeness (QED) is 0.297. The molecule has 1 aliphatic rings. The number of rotatable bonds is 8. The number of para-hydroxylation sites is 1. The fourth-order valence-corrected chi connectivity index (χ4v) is 4.63. The Kier molecular flexibility index (Phi) is 7.45. The summed E-state index contributed by atoms with van der Waals surface area (Å²) in [4.78, 5) is 26.8. The molecule has 1 aliphatic heterocycles. The maximum atomic E-state index is 12.5. The van der Waals surface area contributed by atoms with Crippen molar-refractivity contribution in [2.75, 3.05) is 26.8 Å². The molecule has 1 saturated heterocycles. The zero-order valence-electron chi connectivity index (χ0n) is 19.2. The molecule has 0 radical (unpaired) electrons. The molecule has 7 nitrogen and oxygen atoms in total. The first-order valence-corrected chi connectivity index (χ1v) is 11.5. The number of piperidine rings is 1. The van der Waals surface area contributed by atoms with Crippen molar-refractivity contribution in [3.05, 3.63) is 69.6 Å². The molecule has 2 aromatic carbocycles. The highest BCUT2D eigenvalue weighted by Gasteiger charge is 2.22. The van der Waals surface area contributed by atoms with Gasteiger partial charge < -0.3 is 19.4 Å². The van der Waals surface area contributed by atoms with E-state index in [4.69, 9.17) is 9.15 Å². The summed E-state index contributed by atoms with van der Waals surface area (Å²) in [6.07, 6.45) is 5.13. The van der Waals surface area contributed by atoms with E-state index >= 15 is 0 Å². The topological polar surface area (TPSA) is 100 Å². The smallest absolute Gasteiger partial charge is 0.336 e. The number of phenolic OH excluding ortho intramolecular Hbond substituents is 1. The van der Waals surface area contributed by atoms with Gasteiger partial charge in [0.15, 0.2) is 6.29 Å². The molecule has 1 fully saturated rings. The van der Waals surface area contributed by atoms with Crippen LogP contribution in [0.3, 0.4) is 0 Å². The molecule has 0 unspecified atom stereocenters. The fourth-order valence-electron chi connectivity index (χ4n) is 4.63. The van der Waals surface area contributed by atoms with Gasteiger partial charge in [0.1, 0.15) is 17.1 Å². The van der Waals surface area contributed by atoms with Crippen LogP contribution in [0.2, 0.25) is 0 Å². The number of benzene rings is 2. The summed E-state index contributed by atoms with van der Waals surface area (Å²) < 4.78 is 10.9. The zero-order valence-corrected chi connectivity index (χ0v) is 19.2. The Bertz CT molecular complexity index is 1250. The van der Waals surface area contributed by atoms with Gasteiger partial charge in [-0.2, -0.15) is 0 Å². The van der Waals surface area contributed by atoms with E-state index in [1.165, 1.54) is 6.07 Å². The van der Waals surface area contributed by atoms with E-state index < -0.39 is 5.63 Å². The number of phenols is 1. The van der Waals surface area contributed by atoms with Gasteiger partial charge >= 0.3 is 5.63 Å². The molecule has 0 aliphatic carbocycles. The second-order valence-electron chi connectivity index (χ2n) is 8.61. The standard InChI is InChI=1S/C27H29NO6/c1-33-25-5-3-2-4-19(25)14-20(17-30)22-15-26(32)34-27-21(22)6-7-24(31)23(27)16-28-11-8-18(9-12-28)10-13-29/h2-7,14-15,17-18,29,31H,8-13,16H2,1H3/b20-14+. The minimum absolute atomic E-state index is 0.0478. The number of allylic oxidation sites excluding steroid dienone is 1. The van der Waals surface area contributed by atoms with E-state index in [0.717, 1.165) is 32.4 Å². The first-order chi connectivity index (χ1) is 16.5. The maximum absolute atomic E-state index is 12.5. The molecule has 34 heavy (non-hydrogen) atoms. The highest BCUT2D eigenvalue weighted by molar-refractivity contribution is 6.17. The minimum Gasteiger partial charge on any atom is -0.507 e. The third-order valence-electron chi connectivity index (χ3n) is 6.50. The molecule has 0 atom stereocenters. The lowest BCUT2D eigenvalue weighted by Crippen LogP contribution is -2.33. The number of aliphatic hydroxyl groups excluding tert-OH is 1. The number of carbonyl (C=O) groups is 1. The van der Waals surface area contributed by atoms with Gasteiger partial charge in [-0.3, -0.25) is 9.69 Å². The number of hydrogen-bond acceptors (Lipinski definition) is 7. The van der Waals surface area contributed by atoms with E-state index in [2.05, 4.69) is 4.90 Å². The Morgan fingerprint density at radius 1 is 1.21 bits per heavy atom. The van der Waals surface area contributed by atoms with Crippen LogP contribution in [0.5, 0.6) is 11.5 Å². The van der Waals surface area contributed by atoms with E-state index in [1.54, 1.807) is 31.4 Å². The second kappa shape index (κ2) is 10.7. The Hall–Kier alpha value is -3.42. The SMILES string of the molecule is COc1ccccc1/C=C(\C=O)c1cc(=O)oc2c(CN3CCC(CCO)CC3)c(O)ccc12. The molecular weight excluding hydrogens is 434 g/mol. The zero-order chi connectivity index (χ0) is 24.1. The van der Waals surface area contributed by atoms with E-state index in [0.29, 0.717) is 52.1 Å². The summed E-state index contributed by atoms with van der Waals surface area (Å²) in [5.41, 5.74) is 1.67. The average Bonchev–Trinajstić information content (AvgIpc) is 2.85. The number of methoxy groups -OCH3 is 1. The van der Waals surface area contributed by atoms with Crippen LogP contribution in [0.1, 0.15) is 36.0 Å². The van der Waals surface area contributed by atoms with Gasteiger partial charge in [-0.05, 0) is 62.5 Å². The Labute approximate surface area is 197 Å². The van der Waals surface area contributed by atoms with Gasteiger partial charge in [-0.1, -0.05) is 18.2 Å². The normalized spacial score (nSPS) is 15.5. The van der Waals surface area contributed by atoms with Crippen LogP contribution in [0, 0.1) is 5.92 Å². The van der Waals surface area contributed by atoms with Gasteiger partial charge in [0, 0.05) is 41.3 Å². The minimum atomic E-state index is -0.594. The number of aldehydes is 1. The number of fused-ring (bicyclic) bond motifs is 1. The van der Waals surface area contributed by atoms with Crippen molar-refractivity contribution in [2.45, 2.75) is 25.8 Å². The first kappa shape index (κ1) is 23.7. The summed E-state index contributed by atoms with van der Waals surface area (Å²) >= 11 is 0. The van der Waals surface area contributed by atoms with Crippen LogP contribution in [-0.2, 0) is 11.3 Å². The molecule has 178 valence electrons. The van der Waals surface area contributed by atoms with Gasteiger partial charge in [-0.15, -0.1) is 0 Å². The number of aliphatic hydroxyl groups is 1. The van der Waals surface area contributed by atoms with Crippen LogP contribution in [-0.4, -0.2) is 48.2 Å². The molecular formula is C27H29NO6. The molecule has 4 rings (SSSR count). The van der Waals surface area contributed by atoms with Gasteiger partial charge in [-0.25, -0.2) is 4.79 Å². The molecule has 0 bridgehead atoms. The summed E-state index contributed by atoms with van der Waals surface area (Å²) in [6, 6.07) is 11.8. The number of likely N-dealkylation sites (tertiary alicyclic amines) is 1. The number of hydrogen-bond donors (Lipinski definition) is 2. The lowest BCUT2D eigenvalue weighted by molar-refractivity contribution is -0.103. The van der Waals surface area contributed by atoms with Crippen molar-refractivity contribution in [3.8, 4) is 11.5 Å². The first-order valence-electron chi connectivity index (χ1n) is 11.5. The molecule has 3 aromatic rings. The van der Waals surface area contributed by atoms with Crippen molar-refractivity contribution in [1.82, 2.24) is 4.90 Å². The number of ether oxygens (including phenoxy) is 1. The highest BCUT2D eigenvalue weighted by Crippen LogP contribution is 2.34. The van der Waals surface area contributed by atoms with E-state index in [1.807, 2.05) is 18.2 Å². The molecule has 0 spiro atoms. The lowest BCUT2D eigenvalue weighted by Gasteiger charge is -2.31. The Morgan fingerprint density at radius 2 is 1.97 bits per heavy atom. The summed E-state index contributed by atoms with van der Waals surface area (Å²) in [5.74, 6) is 1.16. The monoisotopic (exact) mass is 463 g/mol. The van der Waals surface area contributed by atoms with Crippen LogP contribution in [0.4, 0.5) is 0 Å². The maximum Gasteiger partial charge on any atom is 0.336 e. The molecule has 1 aromatic heterocycles. The van der Waals surface area contributed by atoms with Crippen molar-refractivity contribution in [3.63, 3.8) is 0 Å². The van der Waals surface area contributed by atoms with E-state index in [-0.39, 0.29) is 17.9 Å². The highest BCUT2D eigenvalue weighted by atomic mass is 16.5. The third kappa shape index (κ3) is 5.05. The largest absolute Gasteiger partial charge is 0.507 e. The number of nitrogens with zero attached hydrogens (tertiary/aromatic N) is 1. The summed E-state index contributed by atoms with van der Waals surface area (Å²) in [7, 11) is 1.56. The Morgan fingerprint density at radius 3 is 2.68 bits per heavy atom. The van der Waals surface area contributed by atoms with Crippen molar-refractivity contribution in [1.29, 1.82) is 0 Å². The fraction of sp³-hybridized carbons (Fsp3) is 0.333. The molecule has 0 saturated carbocycles. The molecule has 2 N–H and O–H groups in total. The van der Waals surface area contributed by atoms with Gasteiger partial charge in [0.2, 0.25) is 0 Å². The number of aromatic hydroxyl groups is 1. The average molecular weight is 464 g/mol. The lowest BCUT2D eigenvalue weighted by atomic mass is 9.93. The van der Waals surface area contributed by atoms with Crippen LogP contribution >= 0.6 is 0 Å². The van der Waals surface area contributed by atoms with Gasteiger partial charge in [0.25, 0.3) is 0 Å². The third-order valence-corrected chi connectivity index (χ3v) is 6.50. The van der Waals surface area contributed by atoms with E-state index in [9.17, 15) is 19.8 Å². The predicted molar refractivity (Wildman–Crippen MR) is 131 cm³/mol. The number of carbonyl (C=O) groups excluding carboxylic acids is 1. The summed E-state index contributed by atoms with van der Waals surface area (Å²) in [5, 5.41) is 20.4. The molecule has 2 heterocycles. The second-order valence-corrected chi connectivity index (χ2v) is 8.61. The molecule has 0 amide bonds.